The molecule has 2 bridgehead atoms. The Labute approximate surface area is 277 Å². The lowest BCUT2D eigenvalue weighted by molar-refractivity contribution is -0.129. The third-order valence-electron chi connectivity index (χ3n) is 10.6. The Hall–Kier alpha value is -4.75. The number of hydrogen-bond donors (Lipinski definition) is 0. The van der Waals surface area contributed by atoms with E-state index in [1.165, 1.54) is 12.1 Å². The van der Waals surface area contributed by atoms with Crippen LogP contribution in [0.4, 0.5) is 10.2 Å². The summed E-state index contributed by atoms with van der Waals surface area (Å²) in [6.07, 6.45) is 14.7. The molecule has 4 aliphatic rings. The Morgan fingerprint density at radius 2 is 1.98 bits per heavy atom. The van der Waals surface area contributed by atoms with E-state index < -0.39 is 12.9 Å². The summed E-state index contributed by atoms with van der Waals surface area (Å²) in [7, 11) is -2.88. The van der Waals surface area contributed by atoms with Crippen molar-refractivity contribution in [2.75, 3.05) is 44.7 Å². The number of terminal acetylenes is 1. The molecule has 6 heterocycles. The summed E-state index contributed by atoms with van der Waals surface area (Å²) in [5.74, 6) is 2.19. The predicted molar refractivity (Wildman–Crippen MR) is 179 cm³/mol. The normalized spacial score (nSPS) is 22.9. The van der Waals surface area contributed by atoms with E-state index in [4.69, 9.17) is 35.0 Å². The standard InChI is InChI=1S/C37H37FN6O3/c1-4-26-29(38)14-11-23-9-6-10-27(31(23)26)32-34(46-3)33-28(19-39-32)35(42-20-24-12-13-25(21-42)44(24)30(45)5-2)41-36(40-33)47-22-37-15-7-17-43(37)18-8-16-37/h1,5-6,9-11,14,19,24-25H,2,7-8,12-13,15-18,20-22H2,3H3/t24-,25+/i3D3. The van der Waals surface area contributed by atoms with Crippen molar-refractivity contribution in [1.29, 1.82) is 0 Å². The van der Waals surface area contributed by atoms with Gasteiger partial charge in [0, 0.05) is 42.3 Å². The van der Waals surface area contributed by atoms with Crippen molar-refractivity contribution < 1.29 is 22.8 Å². The molecule has 8 rings (SSSR count). The third kappa shape index (κ3) is 4.70. The van der Waals surface area contributed by atoms with Crippen LogP contribution in [-0.2, 0) is 4.79 Å². The van der Waals surface area contributed by atoms with Crippen LogP contribution in [-0.4, -0.2) is 88.1 Å². The summed E-state index contributed by atoms with van der Waals surface area (Å²) in [5.41, 5.74) is 0.695. The molecule has 0 spiro atoms. The van der Waals surface area contributed by atoms with Crippen LogP contribution in [0.2, 0.25) is 0 Å². The number of ether oxygens (including phenoxy) is 2. The first kappa shape index (κ1) is 26.3. The van der Waals surface area contributed by atoms with Gasteiger partial charge < -0.3 is 19.3 Å². The number of carbonyl (C=O) groups excluding carboxylic acids is 1. The molecule has 2 aromatic heterocycles. The first-order valence-corrected chi connectivity index (χ1v) is 16.2. The van der Waals surface area contributed by atoms with E-state index in [0.29, 0.717) is 47.2 Å². The average Bonchev–Trinajstić information content (AvgIpc) is 3.76. The fraction of sp³-hybridized carbons (Fsp3) is 0.405. The number of anilines is 1. The number of halogens is 1. The minimum Gasteiger partial charge on any atom is -0.492 e. The smallest absolute Gasteiger partial charge is 0.319 e. The van der Waals surface area contributed by atoms with Crippen LogP contribution in [0, 0.1) is 18.2 Å². The van der Waals surface area contributed by atoms with Gasteiger partial charge in [-0.15, -0.1) is 6.42 Å². The minimum atomic E-state index is -2.88. The minimum absolute atomic E-state index is 0.0339. The second-order valence-electron chi connectivity index (χ2n) is 13.0. The predicted octanol–water partition coefficient (Wildman–Crippen LogP) is 5.35. The van der Waals surface area contributed by atoms with Crippen LogP contribution in [0.15, 0.2) is 49.2 Å². The number of pyridine rings is 1. The molecule has 2 aromatic carbocycles. The van der Waals surface area contributed by atoms with Gasteiger partial charge in [0.2, 0.25) is 5.91 Å². The molecule has 2 atom stereocenters. The van der Waals surface area contributed by atoms with Gasteiger partial charge in [0.05, 0.1) is 27.6 Å². The van der Waals surface area contributed by atoms with E-state index in [2.05, 4.69) is 22.3 Å². The van der Waals surface area contributed by atoms with Crippen molar-refractivity contribution in [3.05, 3.63) is 60.6 Å². The van der Waals surface area contributed by atoms with Gasteiger partial charge in [0.15, 0.2) is 5.75 Å². The van der Waals surface area contributed by atoms with Crippen molar-refractivity contribution >= 4 is 33.4 Å². The van der Waals surface area contributed by atoms with Gasteiger partial charge in [0.1, 0.15) is 29.5 Å². The molecule has 47 heavy (non-hydrogen) atoms. The summed E-state index contributed by atoms with van der Waals surface area (Å²) in [4.78, 5) is 33.8. The lowest BCUT2D eigenvalue weighted by atomic mass is 9.95. The Bertz CT molecular complexity index is 2060. The van der Waals surface area contributed by atoms with E-state index in [9.17, 15) is 4.79 Å². The van der Waals surface area contributed by atoms with Gasteiger partial charge >= 0.3 is 6.01 Å². The molecule has 0 radical (unpaired) electrons. The number of aromatic nitrogens is 3. The van der Waals surface area contributed by atoms with Gasteiger partial charge in [0.25, 0.3) is 0 Å². The lowest BCUT2D eigenvalue weighted by Gasteiger charge is -2.41. The van der Waals surface area contributed by atoms with Crippen LogP contribution in [0.5, 0.6) is 11.8 Å². The zero-order valence-electron chi connectivity index (χ0n) is 29.0. The Balaban J connectivity index is 1.32. The number of rotatable bonds is 7. The molecule has 240 valence electrons. The fourth-order valence-electron chi connectivity index (χ4n) is 8.52. The number of nitrogens with zero attached hydrogens (tertiary/aromatic N) is 6. The molecule has 0 N–H and O–H groups in total. The fourth-order valence-corrected chi connectivity index (χ4v) is 8.52. The second kappa shape index (κ2) is 11.5. The average molecular weight is 636 g/mol. The Morgan fingerprint density at radius 3 is 2.70 bits per heavy atom. The van der Waals surface area contributed by atoms with Crippen LogP contribution in [0.1, 0.15) is 48.2 Å². The lowest BCUT2D eigenvalue weighted by Crippen LogP contribution is -2.55. The summed E-state index contributed by atoms with van der Waals surface area (Å²) in [5, 5.41) is 1.53. The van der Waals surface area contributed by atoms with Crippen molar-refractivity contribution in [2.24, 2.45) is 0 Å². The van der Waals surface area contributed by atoms with Crippen LogP contribution in [0.25, 0.3) is 32.9 Å². The van der Waals surface area contributed by atoms with Crippen molar-refractivity contribution in [2.45, 2.75) is 56.1 Å². The maximum atomic E-state index is 15.1. The van der Waals surface area contributed by atoms with E-state index >= 15 is 4.39 Å². The SMILES string of the molecule is [2H]C([2H])([2H])Oc1c(-c2cccc3ccc(F)c(C#C)c23)ncc2c(N3C[C@H]4CC[C@@H](C3)N4C(=O)C=C)nc(OCC34CCCN3CCC4)nc12. The molecule has 4 saturated heterocycles. The first-order valence-electron chi connectivity index (χ1n) is 17.7. The molecule has 4 aliphatic heterocycles. The number of carbonyl (C=O) groups is 1. The van der Waals surface area contributed by atoms with Crippen LogP contribution < -0.4 is 14.4 Å². The van der Waals surface area contributed by atoms with E-state index in [1.54, 1.807) is 30.5 Å². The Kier molecular flexibility index (Phi) is 6.44. The zero-order valence-corrected chi connectivity index (χ0v) is 26.0. The third-order valence-corrected chi connectivity index (χ3v) is 10.6. The van der Waals surface area contributed by atoms with E-state index in [0.717, 1.165) is 51.6 Å². The number of piperazine rings is 1. The number of amides is 1. The molecule has 4 aromatic rings. The largest absolute Gasteiger partial charge is 0.492 e. The molecule has 1 amide bonds. The monoisotopic (exact) mass is 635 g/mol. The number of hydrogen-bond acceptors (Lipinski definition) is 8. The van der Waals surface area contributed by atoms with Gasteiger partial charge in [-0.1, -0.05) is 36.8 Å². The van der Waals surface area contributed by atoms with E-state index in [1.807, 2.05) is 4.90 Å². The van der Waals surface area contributed by atoms with Crippen molar-refractivity contribution in [1.82, 2.24) is 24.8 Å². The topological polar surface area (TPSA) is 83.9 Å². The molecule has 0 aliphatic carbocycles. The van der Waals surface area contributed by atoms with E-state index in [-0.39, 0.29) is 52.1 Å². The quantitative estimate of drug-likeness (QED) is 0.199. The highest BCUT2D eigenvalue weighted by molar-refractivity contribution is 6.04. The molecule has 0 saturated carbocycles. The molecule has 0 unspecified atom stereocenters. The highest BCUT2D eigenvalue weighted by Gasteiger charge is 2.45. The van der Waals surface area contributed by atoms with Gasteiger partial charge in [-0.05, 0) is 69.1 Å². The van der Waals surface area contributed by atoms with Gasteiger partial charge in [-0.25, -0.2) is 4.39 Å². The molecule has 10 heteroatoms. The second-order valence-corrected chi connectivity index (χ2v) is 13.0. The molecule has 4 fully saturated rings. The summed E-state index contributed by atoms with van der Waals surface area (Å²) in [6.45, 7) is 7.16. The zero-order chi connectivity index (χ0) is 34.8. The van der Waals surface area contributed by atoms with Crippen molar-refractivity contribution in [3.63, 3.8) is 0 Å². The van der Waals surface area contributed by atoms with Crippen LogP contribution >= 0.6 is 0 Å². The number of methoxy groups -OCH3 is 1. The number of fused-ring (bicyclic) bond motifs is 5. The first-order chi connectivity index (χ1) is 24.1. The highest BCUT2D eigenvalue weighted by atomic mass is 19.1. The number of benzene rings is 2. The van der Waals surface area contributed by atoms with Crippen LogP contribution in [0.3, 0.4) is 0 Å². The molecular formula is C37H37FN6O3. The van der Waals surface area contributed by atoms with Gasteiger partial charge in [-0.3, -0.25) is 14.7 Å². The molecular weight excluding hydrogens is 595 g/mol. The van der Waals surface area contributed by atoms with Crippen molar-refractivity contribution in [3.8, 4) is 35.4 Å². The maximum absolute atomic E-state index is 15.1. The summed E-state index contributed by atoms with van der Waals surface area (Å²) in [6, 6.07) is 8.22. The summed E-state index contributed by atoms with van der Waals surface area (Å²) >= 11 is 0. The highest BCUT2D eigenvalue weighted by Crippen LogP contribution is 2.43. The maximum Gasteiger partial charge on any atom is 0.319 e. The van der Waals surface area contributed by atoms with Gasteiger partial charge in [-0.2, -0.15) is 9.97 Å². The Morgan fingerprint density at radius 1 is 1.19 bits per heavy atom. The summed E-state index contributed by atoms with van der Waals surface area (Å²) < 4.78 is 51.8. The molecule has 9 nitrogen and oxygen atoms in total.